The van der Waals surface area contributed by atoms with Gasteiger partial charge in [0, 0.05) is 11.9 Å². The van der Waals surface area contributed by atoms with E-state index in [2.05, 4.69) is 5.32 Å². The minimum absolute atomic E-state index is 0.600. The first-order valence-electron chi connectivity index (χ1n) is 5.94. The first-order chi connectivity index (χ1) is 8.50. The van der Waals surface area contributed by atoms with Crippen LogP contribution >= 0.6 is 0 Å². The molecule has 1 heterocycles. The van der Waals surface area contributed by atoms with Gasteiger partial charge in [0.05, 0.1) is 6.26 Å². The van der Waals surface area contributed by atoms with E-state index < -0.39 is 11.5 Å². The molecule has 0 atom stereocenters. The van der Waals surface area contributed by atoms with E-state index in [0.717, 1.165) is 23.0 Å². The summed E-state index contributed by atoms with van der Waals surface area (Å²) in [4.78, 5) is 10.9. The molecule has 96 valence electrons. The molecule has 4 nitrogen and oxygen atoms in total. The van der Waals surface area contributed by atoms with Crippen LogP contribution in [0, 0.1) is 0 Å². The van der Waals surface area contributed by atoms with Gasteiger partial charge in [0.15, 0.2) is 0 Å². The fourth-order valence-corrected chi connectivity index (χ4v) is 1.81. The average molecular weight is 247 g/mol. The number of fused-ring (bicyclic) bond motifs is 1. The lowest BCUT2D eigenvalue weighted by molar-refractivity contribution is -0.143. The first-order valence-corrected chi connectivity index (χ1v) is 5.94. The molecule has 0 amide bonds. The monoisotopic (exact) mass is 247 g/mol. The molecule has 0 bridgehead atoms. The summed E-state index contributed by atoms with van der Waals surface area (Å²) in [6.07, 6.45) is 2.48. The van der Waals surface area contributed by atoms with Gasteiger partial charge in [0.1, 0.15) is 11.1 Å². The third-order valence-electron chi connectivity index (χ3n) is 3.06. The van der Waals surface area contributed by atoms with Crippen molar-refractivity contribution in [3.63, 3.8) is 0 Å². The highest BCUT2D eigenvalue weighted by molar-refractivity contribution is 5.81. The van der Waals surface area contributed by atoms with E-state index in [-0.39, 0.29) is 0 Å². The molecular weight excluding hydrogens is 230 g/mol. The van der Waals surface area contributed by atoms with Gasteiger partial charge in [-0.25, -0.2) is 0 Å². The number of rotatable bonds is 5. The molecule has 0 saturated carbocycles. The lowest BCUT2D eigenvalue weighted by Gasteiger charge is -2.20. The van der Waals surface area contributed by atoms with Crippen LogP contribution in [0.5, 0.6) is 0 Å². The van der Waals surface area contributed by atoms with Crippen LogP contribution in [0.4, 0.5) is 0 Å². The highest BCUT2D eigenvalue weighted by Gasteiger charge is 2.25. The van der Waals surface area contributed by atoms with Crippen molar-refractivity contribution in [2.75, 3.05) is 6.54 Å². The smallest absolute Gasteiger partial charge is 0.323 e. The second kappa shape index (κ2) is 4.82. The largest absolute Gasteiger partial charge is 0.480 e. The Morgan fingerprint density at radius 1 is 1.39 bits per heavy atom. The Balaban J connectivity index is 2.01. The van der Waals surface area contributed by atoms with Crippen LogP contribution in [0.15, 0.2) is 34.9 Å². The highest BCUT2D eigenvalue weighted by atomic mass is 16.4. The van der Waals surface area contributed by atoms with Crippen LogP contribution in [0.25, 0.3) is 11.0 Å². The van der Waals surface area contributed by atoms with E-state index in [4.69, 9.17) is 9.52 Å². The topological polar surface area (TPSA) is 62.5 Å². The molecule has 0 radical (unpaired) electrons. The zero-order valence-electron chi connectivity index (χ0n) is 10.6. The van der Waals surface area contributed by atoms with E-state index in [1.54, 1.807) is 20.1 Å². The lowest BCUT2D eigenvalue weighted by Crippen LogP contribution is -2.47. The maximum atomic E-state index is 10.9. The molecule has 0 aliphatic heterocycles. The summed E-state index contributed by atoms with van der Waals surface area (Å²) in [5, 5.41) is 13.1. The van der Waals surface area contributed by atoms with Crippen LogP contribution in [0.3, 0.4) is 0 Å². The van der Waals surface area contributed by atoms with Gasteiger partial charge in [-0.1, -0.05) is 18.2 Å². The third kappa shape index (κ3) is 2.54. The minimum atomic E-state index is -0.903. The SMILES string of the molecule is CC(C)(NCCc1coc2ccccc12)C(=O)O. The summed E-state index contributed by atoms with van der Waals surface area (Å²) in [6.45, 7) is 3.91. The molecular formula is C14H17NO3. The third-order valence-corrected chi connectivity index (χ3v) is 3.06. The van der Waals surface area contributed by atoms with Crippen molar-refractivity contribution in [3.8, 4) is 0 Å². The summed E-state index contributed by atoms with van der Waals surface area (Å²) in [5.41, 5.74) is 1.06. The van der Waals surface area contributed by atoms with Crippen molar-refractivity contribution in [1.29, 1.82) is 0 Å². The standard InChI is InChI=1S/C14H17NO3/c1-14(2,13(16)17)15-8-7-10-9-18-12-6-4-3-5-11(10)12/h3-6,9,15H,7-8H2,1-2H3,(H,16,17). The van der Waals surface area contributed by atoms with Gasteiger partial charge in [0.25, 0.3) is 0 Å². The fraction of sp³-hybridized carbons (Fsp3) is 0.357. The molecule has 0 unspecified atom stereocenters. The number of para-hydroxylation sites is 1. The molecule has 2 aromatic rings. The van der Waals surface area contributed by atoms with Crippen molar-refractivity contribution in [2.45, 2.75) is 25.8 Å². The van der Waals surface area contributed by atoms with E-state index in [1.807, 2.05) is 24.3 Å². The molecule has 18 heavy (non-hydrogen) atoms. The number of carboxylic acids is 1. The van der Waals surface area contributed by atoms with Gasteiger partial charge in [0.2, 0.25) is 0 Å². The van der Waals surface area contributed by atoms with Gasteiger partial charge in [-0.15, -0.1) is 0 Å². The van der Waals surface area contributed by atoms with E-state index in [0.29, 0.717) is 6.54 Å². The second-order valence-corrected chi connectivity index (χ2v) is 4.86. The summed E-state index contributed by atoms with van der Waals surface area (Å²) < 4.78 is 5.44. The maximum Gasteiger partial charge on any atom is 0.323 e. The summed E-state index contributed by atoms with van der Waals surface area (Å²) in [5.74, 6) is -0.848. The predicted molar refractivity (Wildman–Crippen MR) is 69.6 cm³/mol. The van der Waals surface area contributed by atoms with Crippen molar-refractivity contribution in [2.24, 2.45) is 0 Å². The minimum Gasteiger partial charge on any atom is -0.480 e. The molecule has 0 fully saturated rings. The number of aliphatic carboxylic acids is 1. The Bertz CT molecular complexity index is 557. The summed E-state index contributed by atoms with van der Waals surface area (Å²) in [7, 11) is 0. The Labute approximate surface area is 106 Å². The molecule has 2 rings (SSSR count). The summed E-state index contributed by atoms with van der Waals surface area (Å²) >= 11 is 0. The predicted octanol–water partition coefficient (Wildman–Crippen LogP) is 2.43. The maximum absolute atomic E-state index is 10.9. The van der Waals surface area contributed by atoms with Gasteiger partial charge in [-0.3, -0.25) is 4.79 Å². The van der Waals surface area contributed by atoms with Crippen LogP contribution in [0.1, 0.15) is 19.4 Å². The first kappa shape index (κ1) is 12.6. The molecule has 0 saturated heterocycles. The molecule has 1 aromatic heterocycles. The number of hydrogen-bond donors (Lipinski definition) is 2. The van der Waals surface area contributed by atoms with Gasteiger partial charge in [-0.05, 0) is 31.9 Å². The number of hydrogen-bond acceptors (Lipinski definition) is 3. The van der Waals surface area contributed by atoms with Crippen LogP contribution in [-0.4, -0.2) is 23.2 Å². The number of furan rings is 1. The van der Waals surface area contributed by atoms with E-state index in [1.165, 1.54) is 0 Å². The van der Waals surface area contributed by atoms with Crippen molar-refractivity contribution in [3.05, 3.63) is 36.1 Å². The van der Waals surface area contributed by atoms with E-state index in [9.17, 15) is 4.79 Å². The average Bonchev–Trinajstić information content (AvgIpc) is 2.72. The quantitative estimate of drug-likeness (QED) is 0.851. The molecule has 4 heteroatoms. The Morgan fingerprint density at radius 3 is 2.83 bits per heavy atom. The normalized spacial score (nSPS) is 11.9. The van der Waals surface area contributed by atoms with E-state index >= 15 is 0 Å². The fourth-order valence-electron chi connectivity index (χ4n) is 1.81. The van der Waals surface area contributed by atoms with Gasteiger partial charge >= 0.3 is 5.97 Å². The number of carboxylic acid groups (broad SMARTS) is 1. The molecule has 0 aliphatic rings. The Morgan fingerprint density at radius 2 is 2.11 bits per heavy atom. The zero-order chi connectivity index (χ0) is 13.2. The second-order valence-electron chi connectivity index (χ2n) is 4.86. The van der Waals surface area contributed by atoms with Crippen molar-refractivity contribution >= 4 is 16.9 Å². The summed E-state index contributed by atoms with van der Waals surface area (Å²) in [6, 6.07) is 7.83. The van der Waals surface area contributed by atoms with Crippen LogP contribution in [0.2, 0.25) is 0 Å². The Hall–Kier alpha value is -1.81. The Kier molecular flexibility index (Phi) is 3.39. The zero-order valence-corrected chi connectivity index (χ0v) is 10.6. The number of nitrogens with one attached hydrogen (secondary N) is 1. The highest BCUT2D eigenvalue weighted by Crippen LogP contribution is 2.20. The molecule has 0 spiro atoms. The number of benzene rings is 1. The van der Waals surface area contributed by atoms with Crippen molar-refractivity contribution in [1.82, 2.24) is 5.32 Å². The van der Waals surface area contributed by atoms with Crippen LogP contribution in [-0.2, 0) is 11.2 Å². The molecule has 0 aliphatic carbocycles. The lowest BCUT2D eigenvalue weighted by atomic mass is 10.1. The molecule has 1 aromatic carbocycles. The van der Waals surface area contributed by atoms with Gasteiger partial charge in [-0.2, -0.15) is 0 Å². The van der Waals surface area contributed by atoms with Crippen molar-refractivity contribution < 1.29 is 14.3 Å². The van der Waals surface area contributed by atoms with Crippen LogP contribution < -0.4 is 5.32 Å². The van der Waals surface area contributed by atoms with Gasteiger partial charge < -0.3 is 14.8 Å². The molecule has 2 N–H and O–H groups in total. The number of carbonyl (C=O) groups is 1.